The molecule has 0 atom stereocenters. The Bertz CT molecular complexity index is 948. The molecule has 0 unspecified atom stereocenters. The van der Waals surface area contributed by atoms with Crippen molar-refractivity contribution in [2.75, 3.05) is 5.75 Å². The zero-order chi connectivity index (χ0) is 17.8. The molecule has 0 saturated heterocycles. The SMILES string of the molecule is Cc1sc2nc(CSCC(=O)NCc3ccccc3)[nH]c(=O)c2c1C. The molecule has 0 radical (unpaired) electrons. The van der Waals surface area contributed by atoms with Crippen molar-refractivity contribution in [3.8, 4) is 0 Å². The van der Waals surface area contributed by atoms with Gasteiger partial charge in [0.25, 0.3) is 5.56 Å². The number of nitrogens with zero attached hydrogens (tertiary/aromatic N) is 1. The summed E-state index contributed by atoms with van der Waals surface area (Å²) in [5, 5.41) is 3.56. The number of H-pyrrole nitrogens is 1. The Balaban J connectivity index is 1.54. The van der Waals surface area contributed by atoms with E-state index in [1.165, 1.54) is 23.1 Å². The van der Waals surface area contributed by atoms with E-state index in [4.69, 9.17) is 0 Å². The summed E-state index contributed by atoms with van der Waals surface area (Å²) < 4.78 is 0. The van der Waals surface area contributed by atoms with E-state index in [-0.39, 0.29) is 11.5 Å². The number of hydrogen-bond acceptors (Lipinski definition) is 5. The van der Waals surface area contributed by atoms with Crippen LogP contribution < -0.4 is 10.9 Å². The Hall–Kier alpha value is -2.12. The number of aromatic nitrogens is 2. The monoisotopic (exact) mass is 373 g/mol. The molecule has 2 aromatic heterocycles. The average molecular weight is 374 g/mol. The summed E-state index contributed by atoms with van der Waals surface area (Å²) in [5.41, 5.74) is 1.96. The van der Waals surface area contributed by atoms with Gasteiger partial charge in [0.05, 0.1) is 16.9 Å². The highest BCUT2D eigenvalue weighted by Gasteiger charge is 2.12. The smallest absolute Gasteiger partial charge is 0.259 e. The summed E-state index contributed by atoms with van der Waals surface area (Å²) >= 11 is 2.97. The summed E-state index contributed by atoms with van der Waals surface area (Å²) in [6.45, 7) is 4.46. The molecule has 2 N–H and O–H groups in total. The molecule has 3 rings (SSSR count). The Morgan fingerprint density at radius 2 is 2.04 bits per heavy atom. The first-order valence-corrected chi connectivity index (χ1v) is 9.89. The number of thioether (sulfide) groups is 1. The molecular formula is C18H19N3O2S2. The summed E-state index contributed by atoms with van der Waals surface area (Å²) in [4.78, 5) is 33.3. The van der Waals surface area contributed by atoms with E-state index in [2.05, 4.69) is 15.3 Å². The predicted octanol–water partition coefficient (Wildman–Crippen LogP) is 3.15. The van der Waals surface area contributed by atoms with Crippen molar-refractivity contribution in [3.05, 3.63) is 62.5 Å². The van der Waals surface area contributed by atoms with Gasteiger partial charge in [0.2, 0.25) is 5.91 Å². The Kier molecular flexibility index (Phi) is 5.55. The van der Waals surface area contributed by atoms with Gasteiger partial charge in [0.1, 0.15) is 10.7 Å². The second-order valence-corrected chi connectivity index (χ2v) is 7.92. The molecule has 0 bridgehead atoms. The summed E-state index contributed by atoms with van der Waals surface area (Å²) in [6, 6.07) is 9.79. The van der Waals surface area contributed by atoms with Crippen molar-refractivity contribution in [2.24, 2.45) is 0 Å². The van der Waals surface area contributed by atoms with Crippen molar-refractivity contribution in [1.82, 2.24) is 15.3 Å². The molecule has 0 aliphatic heterocycles. The second kappa shape index (κ2) is 7.84. The normalized spacial score (nSPS) is 11.0. The number of hydrogen-bond donors (Lipinski definition) is 2. The average Bonchev–Trinajstić information content (AvgIpc) is 2.88. The quantitative estimate of drug-likeness (QED) is 0.696. The molecule has 1 aromatic carbocycles. The van der Waals surface area contributed by atoms with Crippen molar-refractivity contribution in [3.63, 3.8) is 0 Å². The molecule has 130 valence electrons. The van der Waals surface area contributed by atoms with Gasteiger partial charge in [-0.2, -0.15) is 0 Å². The highest BCUT2D eigenvalue weighted by Crippen LogP contribution is 2.26. The van der Waals surface area contributed by atoms with Gasteiger partial charge < -0.3 is 10.3 Å². The highest BCUT2D eigenvalue weighted by molar-refractivity contribution is 7.99. The van der Waals surface area contributed by atoms with Gasteiger partial charge in [-0.1, -0.05) is 30.3 Å². The van der Waals surface area contributed by atoms with Crippen LogP contribution in [0.5, 0.6) is 0 Å². The third-order valence-corrected chi connectivity index (χ3v) is 5.94. The summed E-state index contributed by atoms with van der Waals surface area (Å²) in [5.74, 6) is 1.41. The first-order chi connectivity index (χ1) is 12.0. The van der Waals surface area contributed by atoms with E-state index in [1.54, 1.807) is 0 Å². The maximum Gasteiger partial charge on any atom is 0.259 e. The minimum Gasteiger partial charge on any atom is -0.351 e. The lowest BCUT2D eigenvalue weighted by atomic mass is 10.2. The van der Waals surface area contributed by atoms with Crippen LogP contribution in [0.15, 0.2) is 35.1 Å². The molecule has 1 amide bonds. The second-order valence-electron chi connectivity index (χ2n) is 5.73. The lowest BCUT2D eigenvalue weighted by molar-refractivity contribution is -0.118. The van der Waals surface area contributed by atoms with Crippen molar-refractivity contribution >= 4 is 39.2 Å². The molecule has 2 heterocycles. The molecule has 0 aliphatic carbocycles. The molecule has 0 fully saturated rings. The molecule has 7 heteroatoms. The number of rotatable bonds is 6. The lowest BCUT2D eigenvalue weighted by Gasteiger charge is -2.05. The van der Waals surface area contributed by atoms with E-state index in [9.17, 15) is 9.59 Å². The molecule has 3 aromatic rings. The van der Waals surface area contributed by atoms with E-state index < -0.39 is 0 Å². The van der Waals surface area contributed by atoms with Gasteiger partial charge in [0.15, 0.2) is 0 Å². The number of fused-ring (bicyclic) bond motifs is 1. The van der Waals surface area contributed by atoms with Crippen molar-refractivity contribution in [2.45, 2.75) is 26.1 Å². The van der Waals surface area contributed by atoms with E-state index in [1.807, 2.05) is 44.2 Å². The maximum atomic E-state index is 12.2. The Labute approximate surface area is 153 Å². The molecule has 25 heavy (non-hydrogen) atoms. The standard InChI is InChI=1S/C18H19N3O2S2/c1-11-12(2)25-18-16(11)17(23)20-14(21-18)9-24-10-15(22)19-8-13-6-4-3-5-7-13/h3-7H,8-10H2,1-2H3,(H,19,22)(H,20,21,23). The summed E-state index contributed by atoms with van der Waals surface area (Å²) in [6.07, 6.45) is 0. The lowest BCUT2D eigenvalue weighted by Crippen LogP contribution is -2.24. The number of carbonyl (C=O) groups is 1. The molecule has 0 aliphatic rings. The number of nitrogens with one attached hydrogen (secondary N) is 2. The fourth-order valence-electron chi connectivity index (χ4n) is 2.46. The van der Waals surface area contributed by atoms with E-state index in [0.29, 0.717) is 29.3 Å². The van der Waals surface area contributed by atoms with Crippen molar-refractivity contribution < 1.29 is 4.79 Å². The minimum atomic E-state index is -0.101. The number of thiophene rings is 1. The summed E-state index contributed by atoms with van der Waals surface area (Å²) in [7, 11) is 0. The topological polar surface area (TPSA) is 74.8 Å². The number of benzene rings is 1. The predicted molar refractivity (Wildman–Crippen MR) is 104 cm³/mol. The molecule has 0 saturated carbocycles. The van der Waals surface area contributed by atoms with Gasteiger partial charge in [-0.15, -0.1) is 23.1 Å². The zero-order valence-electron chi connectivity index (χ0n) is 14.1. The molecule has 5 nitrogen and oxygen atoms in total. The Morgan fingerprint density at radius 3 is 2.80 bits per heavy atom. The number of amides is 1. The largest absolute Gasteiger partial charge is 0.351 e. The first-order valence-electron chi connectivity index (χ1n) is 7.92. The van der Waals surface area contributed by atoms with Crippen LogP contribution in [-0.4, -0.2) is 21.6 Å². The first kappa shape index (κ1) is 17.7. The molecular weight excluding hydrogens is 354 g/mol. The van der Waals surface area contributed by atoms with Gasteiger partial charge in [0, 0.05) is 11.4 Å². The maximum absolute atomic E-state index is 12.2. The van der Waals surface area contributed by atoms with Crippen LogP contribution in [-0.2, 0) is 17.1 Å². The highest BCUT2D eigenvalue weighted by atomic mass is 32.2. The third kappa shape index (κ3) is 4.29. The minimum absolute atomic E-state index is 0.0277. The number of aryl methyl sites for hydroxylation is 2. The van der Waals surface area contributed by atoms with Gasteiger partial charge in [-0.3, -0.25) is 9.59 Å². The van der Waals surface area contributed by atoms with Crippen LogP contribution in [0.4, 0.5) is 0 Å². The number of aromatic amines is 1. The van der Waals surface area contributed by atoms with Crippen molar-refractivity contribution in [1.29, 1.82) is 0 Å². The Morgan fingerprint density at radius 1 is 1.28 bits per heavy atom. The van der Waals surface area contributed by atoms with Gasteiger partial charge in [-0.25, -0.2) is 4.98 Å². The van der Waals surface area contributed by atoms with Crippen LogP contribution >= 0.6 is 23.1 Å². The van der Waals surface area contributed by atoms with Crippen LogP contribution in [0, 0.1) is 13.8 Å². The third-order valence-electron chi connectivity index (χ3n) is 3.89. The van der Waals surface area contributed by atoms with E-state index in [0.717, 1.165) is 20.8 Å². The fraction of sp³-hybridized carbons (Fsp3) is 0.278. The van der Waals surface area contributed by atoms with E-state index >= 15 is 0 Å². The molecule has 0 spiro atoms. The van der Waals surface area contributed by atoms with Gasteiger partial charge in [-0.05, 0) is 25.0 Å². The van der Waals surface area contributed by atoms with Gasteiger partial charge >= 0.3 is 0 Å². The number of carbonyl (C=O) groups excluding carboxylic acids is 1. The fourth-order valence-corrected chi connectivity index (χ4v) is 4.22. The van der Waals surface area contributed by atoms with Crippen LogP contribution in [0.25, 0.3) is 10.2 Å². The zero-order valence-corrected chi connectivity index (χ0v) is 15.7. The van der Waals surface area contributed by atoms with Crippen LogP contribution in [0.2, 0.25) is 0 Å². The van der Waals surface area contributed by atoms with Crippen LogP contribution in [0.1, 0.15) is 21.8 Å². The van der Waals surface area contributed by atoms with Crippen LogP contribution in [0.3, 0.4) is 0 Å².